The zero-order valence-electron chi connectivity index (χ0n) is 12.7. The van der Waals surface area contributed by atoms with Crippen molar-refractivity contribution in [2.24, 2.45) is 0 Å². The molecule has 1 amide bonds. The third kappa shape index (κ3) is 3.02. The van der Waals surface area contributed by atoms with E-state index in [1.165, 1.54) is 6.20 Å². The van der Waals surface area contributed by atoms with Gasteiger partial charge in [-0.15, -0.1) is 0 Å². The van der Waals surface area contributed by atoms with Gasteiger partial charge in [-0.2, -0.15) is 5.10 Å². The molecule has 0 spiro atoms. The van der Waals surface area contributed by atoms with Crippen molar-refractivity contribution in [3.8, 4) is 0 Å². The Morgan fingerprint density at radius 1 is 1.55 bits per heavy atom. The fourth-order valence-corrected chi connectivity index (χ4v) is 2.90. The van der Waals surface area contributed by atoms with E-state index in [0.29, 0.717) is 10.9 Å². The predicted molar refractivity (Wildman–Crippen MR) is 81.5 cm³/mol. The van der Waals surface area contributed by atoms with Gasteiger partial charge in [0.05, 0.1) is 23.0 Å². The van der Waals surface area contributed by atoms with Gasteiger partial charge < -0.3 is 9.42 Å². The summed E-state index contributed by atoms with van der Waals surface area (Å²) in [5.74, 6) is 1.10. The van der Waals surface area contributed by atoms with Crippen molar-refractivity contribution >= 4 is 17.5 Å². The zero-order chi connectivity index (χ0) is 15.7. The van der Waals surface area contributed by atoms with Gasteiger partial charge in [0.1, 0.15) is 6.54 Å². The van der Waals surface area contributed by atoms with Crippen LogP contribution in [0.5, 0.6) is 0 Å². The molecular weight excluding hydrogens is 304 g/mol. The number of hydrogen-bond donors (Lipinski definition) is 0. The summed E-state index contributed by atoms with van der Waals surface area (Å²) in [6.45, 7) is 5.06. The van der Waals surface area contributed by atoms with Crippen molar-refractivity contribution in [1.29, 1.82) is 0 Å². The molecule has 118 valence electrons. The number of rotatable bonds is 4. The third-order valence-corrected chi connectivity index (χ3v) is 4.13. The predicted octanol–water partition coefficient (Wildman–Crippen LogP) is 3.01. The zero-order valence-corrected chi connectivity index (χ0v) is 13.5. The highest BCUT2D eigenvalue weighted by Crippen LogP contribution is 2.33. The standard InChI is InChI=1S/C15H19ClN4O2/c1-10(2)12-6-14(22-18-12)13-4-3-5-20(13)15(21)9-19-8-11(16)7-17-19/h6-8,10,13H,3-5,9H2,1-2H3. The smallest absolute Gasteiger partial charge is 0.244 e. The van der Waals surface area contributed by atoms with Crippen molar-refractivity contribution in [2.45, 2.75) is 45.2 Å². The molecule has 0 saturated carbocycles. The molecule has 2 aromatic rings. The summed E-state index contributed by atoms with van der Waals surface area (Å²) in [5.41, 5.74) is 0.924. The van der Waals surface area contributed by atoms with Crippen molar-refractivity contribution in [3.05, 3.63) is 34.9 Å². The number of hydrogen-bond acceptors (Lipinski definition) is 4. The van der Waals surface area contributed by atoms with Gasteiger partial charge >= 0.3 is 0 Å². The molecule has 7 heteroatoms. The van der Waals surface area contributed by atoms with E-state index in [0.717, 1.165) is 30.8 Å². The van der Waals surface area contributed by atoms with Crippen LogP contribution in [-0.4, -0.2) is 32.3 Å². The van der Waals surface area contributed by atoms with Crippen LogP contribution in [0.15, 0.2) is 23.0 Å². The van der Waals surface area contributed by atoms with E-state index in [4.69, 9.17) is 16.1 Å². The van der Waals surface area contributed by atoms with Crippen molar-refractivity contribution in [3.63, 3.8) is 0 Å². The van der Waals surface area contributed by atoms with E-state index in [1.807, 2.05) is 11.0 Å². The molecule has 1 aliphatic rings. The van der Waals surface area contributed by atoms with Crippen LogP contribution in [0.3, 0.4) is 0 Å². The lowest BCUT2D eigenvalue weighted by Crippen LogP contribution is -2.33. The van der Waals surface area contributed by atoms with Gasteiger partial charge in [-0.25, -0.2) is 0 Å². The second-order valence-electron chi connectivity index (χ2n) is 5.91. The van der Waals surface area contributed by atoms with Crippen LogP contribution in [0.4, 0.5) is 0 Å². The minimum atomic E-state index is -0.0291. The van der Waals surface area contributed by atoms with Gasteiger partial charge in [-0.05, 0) is 18.8 Å². The van der Waals surface area contributed by atoms with E-state index in [2.05, 4.69) is 24.1 Å². The minimum Gasteiger partial charge on any atom is -0.359 e. The first kappa shape index (κ1) is 15.1. The fraction of sp³-hybridized carbons (Fsp3) is 0.533. The largest absolute Gasteiger partial charge is 0.359 e. The average molecular weight is 323 g/mol. The third-order valence-electron chi connectivity index (χ3n) is 3.94. The van der Waals surface area contributed by atoms with Crippen LogP contribution < -0.4 is 0 Å². The topological polar surface area (TPSA) is 64.2 Å². The summed E-state index contributed by atoms with van der Waals surface area (Å²) in [6.07, 6.45) is 5.05. The van der Waals surface area contributed by atoms with Crippen molar-refractivity contribution in [2.75, 3.05) is 6.54 Å². The molecule has 1 saturated heterocycles. The summed E-state index contributed by atoms with van der Waals surface area (Å²) in [6, 6.07) is 1.93. The summed E-state index contributed by atoms with van der Waals surface area (Å²) in [5, 5.41) is 8.68. The Balaban J connectivity index is 1.73. The van der Waals surface area contributed by atoms with E-state index in [1.54, 1.807) is 10.9 Å². The van der Waals surface area contributed by atoms with Gasteiger partial charge in [0.25, 0.3) is 0 Å². The van der Waals surface area contributed by atoms with Gasteiger partial charge in [0.15, 0.2) is 5.76 Å². The Hall–Kier alpha value is -1.82. The molecule has 0 aliphatic carbocycles. The molecule has 1 unspecified atom stereocenters. The number of carbonyl (C=O) groups is 1. The Labute approximate surface area is 134 Å². The lowest BCUT2D eigenvalue weighted by Gasteiger charge is -2.22. The molecule has 0 N–H and O–H groups in total. The molecule has 3 rings (SSSR count). The van der Waals surface area contributed by atoms with Crippen LogP contribution in [0, 0.1) is 0 Å². The first-order valence-electron chi connectivity index (χ1n) is 7.48. The Morgan fingerprint density at radius 3 is 3.00 bits per heavy atom. The van der Waals surface area contributed by atoms with Crippen LogP contribution in [0.25, 0.3) is 0 Å². The summed E-state index contributed by atoms with van der Waals surface area (Å²) >= 11 is 5.83. The number of halogens is 1. The lowest BCUT2D eigenvalue weighted by atomic mass is 10.1. The highest BCUT2D eigenvalue weighted by atomic mass is 35.5. The monoisotopic (exact) mass is 322 g/mol. The maximum absolute atomic E-state index is 12.5. The molecule has 1 fully saturated rings. The summed E-state index contributed by atoms with van der Waals surface area (Å²) in [4.78, 5) is 14.4. The van der Waals surface area contributed by atoms with Crippen LogP contribution in [0.2, 0.25) is 5.02 Å². The molecule has 22 heavy (non-hydrogen) atoms. The molecule has 0 bridgehead atoms. The quantitative estimate of drug-likeness (QED) is 0.868. The maximum Gasteiger partial charge on any atom is 0.244 e. The number of likely N-dealkylation sites (tertiary alicyclic amines) is 1. The first-order chi connectivity index (χ1) is 10.5. The van der Waals surface area contributed by atoms with Crippen LogP contribution in [0.1, 0.15) is 50.1 Å². The average Bonchev–Trinajstić information content (AvgIpc) is 3.16. The number of aromatic nitrogens is 3. The number of nitrogens with zero attached hydrogens (tertiary/aromatic N) is 4. The highest BCUT2D eigenvalue weighted by Gasteiger charge is 2.33. The van der Waals surface area contributed by atoms with Gasteiger partial charge in [0.2, 0.25) is 5.91 Å². The fourth-order valence-electron chi connectivity index (χ4n) is 2.75. The molecule has 0 aromatic carbocycles. The maximum atomic E-state index is 12.5. The normalized spacial score (nSPS) is 18.4. The number of amides is 1. The first-order valence-corrected chi connectivity index (χ1v) is 7.86. The molecule has 0 radical (unpaired) electrons. The van der Waals surface area contributed by atoms with Gasteiger partial charge in [-0.1, -0.05) is 30.6 Å². The van der Waals surface area contributed by atoms with Crippen LogP contribution >= 0.6 is 11.6 Å². The Morgan fingerprint density at radius 2 is 2.36 bits per heavy atom. The van der Waals surface area contributed by atoms with E-state index in [9.17, 15) is 4.79 Å². The van der Waals surface area contributed by atoms with Crippen molar-refractivity contribution < 1.29 is 9.32 Å². The van der Waals surface area contributed by atoms with Gasteiger partial charge in [-0.3, -0.25) is 9.48 Å². The van der Waals surface area contributed by atoms with Crippen molar-refractivity contribution in [1.82, 2.24) is 19.8 Å². The Kier molecular flexibility index (Phi) is 4.20. The number of carbonyl (C=O) groups excluding carboxylic acids is 1. The molecular formula is C15H19ClN4O2. The van der Waals surface area contributed by atoms with E-state index in [-0.39, 0.29) is 18.5 Å². The summed E-state index contributed by atoms with van der Waals surface area (Å²) < 4.78 is 7.01. The molecule has 1 aliphatic heterocycles. The van der Waals surface area contributed by atoms with Gasteiger partial charge in [0, 0.05) is 18.8 Å². The molecule has 2 aromatic heterocycles. The minimum absolute atomic E-state index is 0.0183. The van der Waals surface area contributed by atoms with E-state index >= 15 is 0 Å². The summed E-state index contributed by atoms with van der Waals surface area (Å²) in [7, 11) is 0. The second kappa shape index (κ2) is 6.12. The van der Waals surface area contributed by atoms with Crippen LogP contribution in [-0.2, 0) is 11.3 Å². The second-order valence-corrected chi connectivity index (χ2v) is 6.35. The van der Waals surface area contributed by atoms with E-state index < -0.39 is 0 Å². The lowest BCUT2D eigenvalue weighted by molar-refractivity contribution is -0.133. The molecule has 6 nitrogen and oxygen atoms in total. The SMILES string of the molecule is CC(C)c1cc(C2CCCN2C(=O)Cn2cc(Cl)cn2)on1. The molecule has 1 atom stereocenters. The Bertz CT molecular complexity index is 664. The highest BCUT2D eigenvalue weighted by molar-refractivity contribution is 6.30. The molecule has 3 heterocycles.